The molecular formula is C49H35NS. The highest BCUT2D eigenvalue weighted by molar-refractivity contribution is 7.99. The molecule has 0 atom stereocenters. The summed E-state index contributed by atoms with van der Waals surface area (Å²) in [5.74, 6) is 0. The maximum atomic E-state index is 2.48. The first-order chi connectivity index (χ1) is 25.0. The summed E-state index contributed by atoms with van der Waals surface area (Å²) in [6.07, 6.45) is 0. The quantitative estimate of drug-likeness (QED) is 0.183. The Morgan fingerprint density at radius 3 is 1.82 bits per heavy atom. The molecule has 0 amide bonds. The fourth-order valence-corrected chi connectivity index (χ4v) is 9.25. The second-order valence-electron chi connectivity index (χ2n) is 14.2. The minimum atomic E-state index is -0.00807. The molecule has 8 aromatic carbocycles. The second-order valence-corrected chi connectivity index (χ2v) is 15.3. The lowest BCUT2D eigenvalue weighted by Crippen LogP contribution is -2.15. The Bertz CT molecular complexity index is 2650. The third-order valence-electron chi connectivity index (χ3n) is 10.8. The SMILES string of the molecule is CC1(C)c2ccccc2-c2cc(-c3ccc4c(c3)N(c3cccc(-c5cccc(-c6ccccc6)c5)c3)c3cc5ccccc5cc3S4)ccc21. The molecule has 8 aromatic rings. The van der Waals surface area contributed by atoms with Gasteiger partial charge in [0.2, 0.25) is 0 Å². The van der Waals surface area contributed by atoms with E-state index in [1.807, 2.05) is 11.8 Å². The largest absolute Gasteiger partial charge is 0.308 e. The zero-order chi connectivity index (χ0) is 34.1. The first-order valence-electron chi connectivity index (χ1n) is 17.7. The summed E-state index contributed by atoms with van der Waals surface area (Å²) in [6.45, 7) is 4.69. The van der Waals surface area contributed by atoms with Gasteiger partial charge in [0.15, 0.2) is 0 Å². The molecule has 10 rings (SSSR count). The number of hydrogen-bond donors (Lipinski definition) is 0. The molecule has 242 valence electrons. The molecule has 0 fully saturated rings. The molecule has 0 radical (unpaired) electrons. The summed E-state index contributed by atoms with van der Waals surface area (Å²) in [6, 6.07) is 65.0. The maximum Gasteiger partial charge on any atom is 0.0608 e. The topological polar surface area (TPSA) is 3.24 Å². The van der Waals surface area contributed by atoms with E-state index >= 15 is 0 Å². The standard InChI is InChI=1S/C49H35NS/c1-49(2)43-21-9-8-20-41(43)42-28-38(22-24-44(42)49)39-23-25-47-45(30-39)50(46-29-36-14-6-7-15-37(36)31-48(46)51-47)40-19-11-18-35(27-40)34-17-10-16-33(26-34)32-12-4-3-5-13-32/h3-31H,1-2H3. The smallest absolute Gasteiger partial charge is 0.0608 e. The maximum absolute atomic E-state index is 2.48. The third kappa shape index (κ3) is 4.93. The van der Waals surface area contributed by atoms with E-state index in [0.29, 0.717) is 0 Å². The van der Waals surface area contributed by atoms with Gasteiger partial charge in [0.25, 0.3) is 0 Å². The van der Waals surface area contributed by atoms with Crippen molar-refractivity contribution in [3.63, 3.8) is 0 Å². The summed E-state index contributed by atoms with van der Waals surface area (Å²) in [5.41, 5.74) is 16.4. The molecule has 0 bridgehead atoms. The molecule has 0 aromatic heterocycles. The van der Waals surface area contributed by atoms with Gasteiger partial charge in [0, 0.05) is 20.9 Å². The third-order valence-corrected chi connectivity index (χ3v) is 11.9. The summed E-state index contributed by atoms with van der Waals surface area (Å²) in [7, 11) is 0. The van der Waals surface area contributed by atoms with Gasteiger partial charge in [-0.1, -0.05) is 153 Å². The molecule has 0 N–H and O–H groups in total. The van der Waals surface area contributed by atoms with Gasteiger partial charge in [-0.3, -0.25) is 0 Å². The van der Waals surface area contributed by atoms with Crippen LogP contribution in [0.25, 0.3) is 55.3 Å². The molecule has 0 unspecified atom stereocenters. The lowest BCUT2D eigenvalue weighted by Gasteiger charge is -2.34. The van der Waals surface area contributed by atoms with E-state index in [4.69, 9.17) is 0 Å². The van der Waals surface area contributed by atoms with Gasteiger partial charge >= 0.3 is 0 Å². The fraction of sp³-hybridized carbons (Fsp3) is 0.0612. The van der Waals surface area contributed by atoms with Crippen LogP contribution in [-0.2, 0) is 5.41 Å². The number of fused-ring (bicyclic) bond motifs is 6. The lowest BCUT2D eigenvalue weighted by molar-refractivity contribution is 0.660. The van der Waals surface area contributed by atoms with Crippen LogP contribution in [0.3, 0.4) is 0 Å². The fourth-order valence-electron chi connectivity index (χ4n) is 8.18. The monoisotopic (exact) mass is 669 g/mol. The predicted octanol–water partition coefficient (Wildman–Crippen LogP) is 14.1. The van der Waals surface area contributed by atoms with Gasteiger partial charge in [-0.05, 0) is 115 Å². The Hall–Kier alpha value is -5.83. The molecule has 2 heteroatoms. The van der Waals surface area contributed by atoms with Crippen molar-refractivity contribution in [1.82, 2.24) is 0 Å². The van der Waals surface area contributed by atoms with E-state index in [1.54, 1.807) is 0 Å². The van der Waals surface area contributed by atoms with Crippen molar-refractivity contribution in [1.29, 1.82) is 0 Å². The van der Waals surface area contributed by atoms with Crippen LogP contribution in [0, 0.1) is 0 Å². The molecule has 1 aliphatic carbocycles. The molecule has 0 saturated heterocycles. The van der Waals surface area contributed by atoms with E-state index in [-0.39, 0.29) is 5.41 Å². The molecule has 1 aliphatic heterocycles. The summed E-state index contributed by atoms with van der Waals surface area (Å²) in [5, 5.41) is 2.50. The van der Waals surface area contributed by atoms with Gasteiger partial charge in [-0.25, -0.2) is 0 Å². The molecule has 0 saturated carbocycles. The van der Waals surface area contributed by atoms with Crippen LogP contribution in [0.15, 0.2) is 186 Å². The number of rotatable bonds is 4. The van der Waals surface area contributed by atoms with Crippen molar-refractivity contribution >= 4 is 39.6 Å². The van der Waals surface area contributed by atoms with E-state index in [1.165, 1.54) is 87.6 Å². The number of nitrogens with zero attached hydrogens (tertiary/aromatic N) is 1. The summed E-state index contributed by atoms with van der Waals surface area (Å²) < 4.78 is 0. The Labute approximate surface area is 303 Å². The highest BCUT2D eigenvalue weighted by Gasteiger charge is 2.35. The Morgan fingerprint density at radius 2 is 0.980 bits per heavy atom. The Balaban J connectivity index is 1.12. The predicted molar refractivity (Wildman–Crippen MR) is 217 cm³/mol. The zero-order valence-electron chi connectivity index (χ0n) is 28.6. The summed E-state index contributed by atoms with van der Waals surface area (Å²) >= 11 is 1.87. The minimum Gasteiger partial charge on any atom is -0.308 e. The second kappa shape index (κ2) is 11.6. The van der Waals surface area contributed by atoms with Crippen LogP contribution in [-0.4, -0.2) is 0 Å². The van der Waals surface area contributed by atoms with Crippen molar-refractivity contribution in [2.75, 3.05) is 4.90 Å². The molecule has 1 heterocycles. The van der Waals surface area contributed by atoms with Crippen LogP contribution in [0.4, 0.5) is 17.1 Å². The van der Waals surface area contributed by atoms with E-state index < -0.39 is 0 Å². The first-order valence-corrected chi connectivity index (χ1v) is 18.5. The van der Waals surface area contributed by atoms with Gasteiger partial charge in [0.05, 0.1) is 11.4 Å². The number of benzene rings is 8. The lowest BCUT2D eigenvalue weighted by atomic mass is 9.82. The molecule has 2 aliphatic rings. The van der Waals surface area contributed by atoms with Gasteiger partial charge < -0.3 is 4.90 Å². The minimum absolute atomic E-state index is 0.00807. The molecule has 1 nitrogen and oxygen atoms in total. The molecule has 0 spiro atoms. The molecule has 51 heavy (non-hydrogen) atoms. The van der Waals surface area contributed by atoms with Crippen LogP contribution in [0.2, 0.25) is 0 Å². The van der Waals surface area contributed by atoms with E-state index in [0.717, 1.165) is 5.69 Å². The van der Waals surface area contributed by atoms with E-state index in [2.05, 4.69) is 195 Å². The Kier molecular flexibility index (Phi) is 6.84. The average Bonchev–Trinajstić information content (AvgIpc) is 3.42. The Morgan fingerprint density at radius 1 is 0.392 bits per heavy atom. The van der Waals surface area contributed by atoms with Crippen molar-refractivity contribution in [3.05, 3.63) is 187 Å². The summed E-state index contributed by atoms with van der Waals surface area (Å²) in [4.78, 5) is 5.00. The van der Waals surface area contributed by atoms with Crippen LogP contribution < -0.4 is 4.90 Å². The highest BCUT2D eigenvalue weighted by Crippen LogP contribution is 2.54. The van der Waals surface area contributed by atoms with Crippen LogP contribution in [0.1, 0.15) is 25.0 Å². The normalized spacial score (nSPS) is 13.7. The molecular weight excluding hydrogens is 635 g/mol. The highest BCUT2D eigenvalue weighted by atomic mass is 32.2. The van der Waals surface area contributed by atoms with Crippen molar-refractivity contribution < 1.29 is 0 Å². The van der Waals surface area contributed by atoms with Gasteiger partial charge in [-0.15, -0.1) is 0 Å². The van der Waals surface area contributed by atoms with Crippen molar-refractivity contribution in [2.45, 2.75) is 29.1 Å². The average molecular weight is 670 g/mol. The zero-order valence-corrected chi connectivity index (χ0v) is 29.4. The van der Waals surface area contributed by atoms with Gasteiger partial charge in [0.1, 0.15) is 0 Å². The number of hydrogen-bond acceptors (Lipinski definition) is 2. The first kappa shape index (κ1) is 30.0. The van der Waals surface area contributed by atoms with Crippen molar-refractivity contribution in [2.24, 2.45) is 0 Å². The van der Waals surface area contributed by atoms with E-state index in [9.17, 15) is 0 Å². The van der Waals surface area contributed by atoms with Crippen LogP contribution >= 0.6 is 11.8 Å². The van der Waals surface area contributed by atoms with Gasteiger partial charge in [-0.2, -0.15) is 0 Å². The number of anilines is 3. The van der Waals surface area contributed by atoms with Crippen LogP contribution in [0.5, 0.6) is 0 Å². The van der Waals surface area contributed by atoms with Crippen molar-refractivity contribution in [3.8, 4) is 44.5 Å².